The number of hydrogen-bond acceptors (Lipinski definition) is 7. The summed E-state index contributed by atoms with van der Waals surface area (Å²) in [5.41, 5.74) is 0.562. The Labute approximate surface area is 125 Å². The molecule has 9 nitrogen and oxygen atoms in total. The number of hydrogen-bond donors (Lipinski definition) is 2. The van der Waals surface area contributed by atoms with Crippen LogP contribution in [0.4, 0.5) is 0 Å². The van der Waals surface area contributed by atoms with Gasteiger partial charge in [-0.05, 0) is 18.6 Å². The van der Waals surface area contributed by atoms with E-state index in [2.05, 4.69) is 30.7 Å². The van der Waals surface area contributed by atoms with E-state index in [4.69, 9.17) is 5.11 Å². The highest BCUT2D eigenvalue weighted by Crippen LogP contribution is 2.07. The molecule has 1 amide bonds. The lowest BCUT2D eigenvalue weighted by molar-refractivity contribution is -0.137. The fourth-order valence-corrected chi connectivity index (χ4v) is 1.58. The summed E-state index contributed by atoms with van der Waals surface area (Å²) < 4.78 is 0. The van der Waals surface area contributed by atoms with Crippen molar-refractivity contribution >= 4 is 11.9 Å². The first-order chi connectivity index (χ1) is 10.6. The van der Waals surface area contributed by atoms with Gasteiger partial charge in [-0.1, -0.05) is 6.07 Å². The molecule has 22 heavy (non-hydrogen) atoms. The monoisotopic (exact) mass is 302 g/mol. The summed E-state index contributed by atoms with van der Waals surface area (Å²) in [6.07, 6.45) is 2.01. The molecule has 2 heterocycles. The van der Waals surface area contributed by atoms with Gasteiger partial charge in [0, 0.05) is 19.0 Å². The standard InChI is InChI=1S/C13H14N6O3/c20-11(5-3-6-12(21)22)15-8-10-16-18-13(19-17-10)9-4-1-2-7-14-9/h1-2,4,7H,3,5-6,8H2,(H,15,20)(H,21,22). The summed E-state index contributed by atoms with van der Waals surface area (Å²) in [6, 6.07) is 5.32. The minimum Gasteiger partial charge on any atom is -0.481 e. The molecule has 2 rings (SSSR count). The number of nitrogens with zero attached hydrogens (tertiary/aromatic N) is 5. The second-order valence-corrected chi connectivity index (χ2v) is 4.38. The van der Waals surface area contributed by atoms with E-state index in [9.17, 15) is 9.59 Å². The second kappa shape index (κ2) is 7.72. The van der Waals surface area contributed by atoms with Gasteiger partial charge >= 0.3 is 5.97 Å². The fraction of sp³-hybridized carbons (Fsp3) is 0.308. The molecule has 0 unspecified atom stereocenters. The largest absolute Gasteiger partial charge is 0.481 e. The topological polar surface area (TPSA) is 131 Å². The van der Waals surface area contributed by atoms with E-state index < -0.39 is 5.97 Å². The third-order valence-electron chi connectivity index (χ3n) is 2.65. The Kier molecular flexibility index (Phi) is 5.41. The molecule has 0 aliphatic rings. The number of amides is 1. The van der Waals surface area contributed by atoms with Crippen LogP contribution in [-0.4, -0.2) is 42.4 Å². The first kappa shape index (κ1) is 15.4. The lowest BCUT2D eigenvalue weighted by atomic mass is 10.2. The Morgan fingerprint density at radius 3 is 2.50 bits per heavy atom. The van der Waals surface area contributed by atoms with E-state index in [0.717, 1.165) is 0 Å². The molecule has 0 aliphatic carbocycles. The molecule has 0 aliphatic heterocycles. The molecular formula is C13H14N6O3. The number of carboxylic acid groups (broad SMARTS) is 1. The number of aromatic nitrogens is 5. The Bertz CT molecular complexity index is 632. The number of rotatable bonds is 7. The van der Waals surface area contributed by atoms with Crippen LogP contribution in [0.25, 0.3) is 11.5 Å². The van der Waals surface area contributed by atoms with Gasteiger partial charge < -0.3 is 10.4 Å². The third-order valence-corrected chi connectivity index (χ3v) is 2.65. The SMILES string of the molecule is O=C(O)CCCC(=O)NCc1nnc(-c2ccccn2)nn1. The molecule has 0 aromatic carbocycles. The van der Waals surface area contributed by atoms with Gasteiger partial charge in [0.1, 0.15) is 5.69 Å². The van der Waals surface area contributed by atoms with Crippen molar-refractivity contribution < 1.29 is 14.7 Å². The molecule has 2 aromatic rings. The van der Waals surface area contributed by atoms with Crippen LogP contribution in [0.1, 0.15) is 25.1 Å². The Balaban J connectivity index is 1.82. The van der Waals surface area contributed by atoms with E-state index in [0.29, 0.717) is 11.5 Å². The normalized spacial score (nSPS) is 10.2. The van der Waals surface area contributed by atoms with E-state index >= 15 is 0 Å². The van der Waals surface area contributed by atoms with Crippen LogP contribution in [-0.2, 0) is 16.1 Å². The van der Waals surface area contributed by atoms with Crippen LogP contribution in [0, 0.1) is 0 Å². The van der Waals surface area contributed by atoms with Gasteiger partial charge in [0.15, 0.2) is 5.82 Å². The maximum atomic E-state index is 11.5. The predicted octanol–water partition coefficient (Wildman–Crippen LogP) is 0.200. The summed E-state index contributed by atoms with van der Waals surface area (Å²) >= 11 is 0. The Morgan fingerprint density at radius 2 is 1.86 bits per heavy atom. The third kappa shape index (κ3) is 4.85. The molecule has 0 saturated carbocycles. The van der Waals surface area contributed by atoms with Gasteiger partial charge in [-0.2, -0.15) is 0 Å². The van der Waals surface area contributed by atoms with E-state index in [1.165, 1.54) is 0 Å². The Morgan fingerprint density at radius 1 is 1.09 bits per heavy atom. The molecule has 114 valence electrons. The minimum atomic E-state index is -0.922. The van der Waals surface area contributed by atoms with Crippen molar-refractivity contribution in [1.82, 2.24) is 30.7 Å². The summed E-state index contributed by atoms with van der Waals surface area (Å²) in [4.78, 5) is 25.9. The zero-order chi connectivity index (χ0) is 15.8. The first-order valence-electron chi connectivity index (χ1n) is 6.61. The zero-order valence-corrected chi connectivity index (χ0v) is 11.6. The fourth-order valence-electron chi connectivity index (χ4n) is 1.58. The van der Waals surface area contributed by atoms with Gasteiger partial charge in [-0.25, -0.2) is 0 Å². The van der Waals surface area contributed by atoms with Gasteiger partial charge in [0.05, 0.1) is 6.54 Å². The summed E-state index contributed by atoms with van der Waals surface area (Å²) in [5, 5.41) is 26.6. The zero-order valence-electron chi connectivity index (χ0n) is 11.6. The van der Waals surface area contributed by atoms with Crippen LogP contribution in [0.3, 0.4) is 0 Å². The maximum absolute atomic E-state index is 11.5. The molecule has 0 saturated heterocycles. The smallest absolute Gasteiger partial charge is 0.303 e. The van der Waals surface area contributed by atoms with Crippen LogP contribution >= 0.6 is 0 Å². The van der Waals surface area contributed by atoms with Crippen molar-refractivity contribution in [2.24, 2.45) is 0 Å². The highest BCUT2D eigenvalue weighted by atomic mass is 16.4. The van der Waals surface area contributed by atoms with Gasteiger partial charge in [0.2, 0.25) is 11.7 Å². The molecule has 0 radical (unpaired) electrons. The Hall–Kier alpha value is -2.97. The van der Waals surface area contributed by atoms with Crippen molar-refractivity contribution in [2.75, 3.05) is 0 Å². The number of pyridine rings is 1. The van der Waals surface area contributed by atoms with Crippen LogP contribution in [0.5, 0.6) is 0 Å². The van der Waals surface area contributed by atoms with Crippen molar-refractivity contribution in [2.45, 2.75) is 25.8 Å². The molecule has 0 atom stereocenters. The van der Waals surface area contributed by atoms with E-state index in [1.54, 1.807) is 24.4 Å². The van der Waals surface area contributed by atoms with Gasteiger partial charge in [0.25, 0.3) is 0 Å². The van der Waals surface area contributed by atoms with Crippen LogP contribution in [0.2, 0.25) is 0 Å². The van der Waals surface area contributed by atoms with Crippen LogP contribution in [0.15, 0.2) is 24.4 Å². The minimum absolute atomic E-state index is 0.0359. The number of aliphatic carboxylic acids is 1. The lowest BCUT2D eigenvalue weighted by Gasteiger charge is -2.03. The molecule has 2 aromatic heterocycles. The van der Waals surface area contributed by atoms with Gasteiger partial charge in [-0.15, -0.1) is 20.4 Å². The number of carbonyl (C=O) groups is 2. The molecule has 0 fully saturated rings. The van der Waals surface area contributed by atoms with E-state index in [1.807, 2.05) is 0 Å². The predicted molar refractivity (Wildman–Crippen MR) is 74.2 cm³/mol. The quantitative estimate of drug-likeness (QED) is 0.741. The summed E-state index contributed by atoms with van der Waals surface area (Å²) in [5.74, 6) is -0.614. The number of nitrogens with one attached hydrogen (secondary N) is 1. The van der Waals surface area contributed by atoms with Gasteiger partial charge in [-0.3, -0.25) is 14.6 Å². The maximum Gasteiger partial charge on any atom is 0.303 e. The average Bonchev–Trinajstić information content (AvgIpc) is 2.54. The van der Waals surface area contributed by atoms with Crippen molar-refractivity contribution in [1.29, 1.82) is 0 Å². The summed E-state index contributed by atoms with van der Waals surface area (Å²) in [6.45, 7) is 0.0917. The number of carbonyl (C=O) groups excluding carboxylic acids is 1. The number of carboxylic acids is 1. The highest BCUT2D eigenvalue weighted by Gasteiger charge is 2.07. The molecule has 2 N–H and O–H groups in total. The highest BCUT2D eigenvalue weighted by molar-refractivity contribution is 5.76. The molecule has 9 heteroatoms. The lowest BCUT2D eigenvalue weighted by Crippen LogP contribution is -2.24. The molecule has 0 bridgehead atoms. The second-order valence-electron chi connectivity index (χ2n) is 4.38. The molecule has 0 spiro atoms. The van der Waals surface area contributed by atoms with Crippen molar-refractivity contribution in [3.8, 4) is 11.5 Å². The first-order valence-corrected chi connectivity index (χ1v) is 6.61. The van der Waals surface area contributed by atoms with Crippen molar-refractivity contribution in [3.63, 3.8) is 0 Å². The molecular weight excluding hydrogens is 288 g/mol. The van der Waals surface area contributed by atoms with Crippen LogP contribution < -0.4 is 5.32 Å². The van der Waals surface area contributed by atoms with Crippen molar-refractivity contribution in [3.05, 3.63) is 30.2 Å². The summed E-state index contributed by atoms with van der Waals surface area (Å²) in [7, 11) is 0. The average molecular weight is 302 g/mol. The van der Waals surface area contributed by atoms with E-state index in [-0.39, 0.29) is 37.5 Å².